The predicted molar refractivity (Wildman–Crippen MR) is 75.3 cm³/mol. The van der Waals surface area contributed by atoms with Gasteiger partial charge in [0.25, 0.3) is 0 Å². The van der Waals surface area contributed by atoms with Gasteiger partial charge in [-0.25, -0.2) is 9.97 Å². The average Bonchev–Trinajstić information content (AvgIpc) is 2.34. The average molecular weight is 306 g/mol. The van der Waals surface area contributed by atoms with Gasteiger partial charge < -0.3 is 15.4 Å². The third-order valence-corrected chi connectivity index (χ3v) is 2.53. The molecule has 1 atom stereocenters. The number of hydrogen-bond acceptors (Lipinski definition) is 5. The Morgan fingerprint density at radius 1 is 1.29 bits per heavy atom. The topological polar surface area (TPSA) is 59.1 Å². The van der Waals surface area contributed by atoms with E-state index in [4.69, 9.17) is 4.74 Å². The zero-order chi connectivity index (χ0) is 15.9. The van der Waals surface area contributed by atoms with Gasteiger partial charge in [-0.2, -0.15) is 13.2 Å². The van der Waals surface area contributed by atoms with E-state index >= 15 is 0 Å². The quantitative estimate of drug-likeness (QED) is 0.772. The molecule has 2 N–H and O–H groups in total. The van der Waals surface area contributed by atoms with Crippen LogP contribution in [0.3, 0.4) is 0 Å². The maximum atomic E-state index is 12.3. The van der Waals surface area contributed by atoms with Gasteiger partial charge in [0.2, 0.25) is 0 Å². The summed E-state index contributed by atoms with van der Waals surface area (Å²) < 4.78 is 42.0. The summed E-state index contributed by atoms with van der Waals surface area (Å²) >= 11 is 0. The number of hydrogen-bond donors (Lipinski definition) is 2. The molecule has 0 radical (unpaired) electrons. The summed E-state index contributed by atoms with van der Waals surface area (Å²) in [6.07, 6.45) is -4.22. The van der Waals surface area contributed by atoms with Crippen LogP contribution in [0, 0.1) is 0 Å². The Morgan fingerprint density at radius 2 is 1.95 bits per heavy atom. The van der Waals surface area contributed by atoms with Crippen LogP contribution in [0.2, 0.25) is 0 Å². The largest absolute Gasteiger partial charge is 0.391 e. The third kappa shape index (κ3) is 7.12. The van der Waals surface area contributed by atoms with E-state index in [0.717, 1.165) is 13.0 Å². The first-order valence-electron chi connectivity index (χ1n) is 6.78. The summed E-state index contributed by atoms with van der Waals surface area (Å²) in [4.78, 5) is 8.38. The second-order valence-electron chi connectivity index (χ2n) is 4.78. The number of rotatable bonds is 8. The molecule has 5 nitrogen and oxygen atoms in total. The lowest BCUT2D eigenvalue weighted by molar-refractivity contribution is -0.136. The molecule has 0 aliphatic heterocycles. The van der Waals surface area contributed by atoms with Gasteiger partial charge in [-0.05, 0) is 13.3 Å². The van der Waals surface area contributed by atoms with Crippen molar-refractivity contribution < 1.29 is 17.9 Å². The Morgan fingerprint density at radius 3 is 2.52 bits per heavy atom. The lowest BCUT2D eigenvalue weighted by Crippen LogP contribution is -2.24. The Balaban J connectivity index is 2.81. The van der Waals surface area contributed by atoms with Crippen LogP contribution in [-0.4, -0.2) is 35.8 Å². The van der Waals surface area contributed by atoms with Crippen LogP contribution in [0.5, 0.6) is 0 Å². The molecule has 1 aromatic heterocycles. The van der Waals surface area contributed by atoms with Crippen molar-refractivity contribution in [3.8, 4) is 0 Å². The molecule has 1 heterocycles. The van der Waals surface area contributed by atoms with E-state index in [2.05, 4.69) is 20.6 Å². The number of nitrogens with zero attached hydrogens (tertiary/aromatic N) is 2. The molecular weight excluding hydrogens is 285 g/mol. The lowest BCUT2D eigenvalue weighted by atomic mass is 10.2. The zero-order valence-corrected chi connectivity index (χ0v) is 12.4. The second kappa shape index (κ2) is 8.02. The minimum atomic E-state index is -4.21. The van der Waals surface area contributed by atoms with Crippen molar-refractivity contribution in [2.75, 3.05) is 24.3 Å². The van der Waals surface area contributed by atoms with Crippen molar-refractivity contribution in [1.29, 1.82) is 0 Å². The summed E-state index contributed by atoms with van der Waals surface area (Å²) in [6, 6.07) is 0.830. The smallest absolute Gasteiger partial charge is 0.377 e. The molecule has 0 amide bonds. The molecular formula is C13H21F3N4O. The first kappa shape index (κ1) is 17.5. The molecule has 0 aliphatic rings. The van der Waals surface area contributed by atoms with Gasteiger partial charge in [0.15, 0.2) is 5.82 Å². The zero-order valence-electron chi connectivity index (χ0n) is 12.4. The van der Waals surface area contributed by atoms with Gasteiger partial charge in [-0.3, -0.25) is 0 Å². The van der Waals surface area contributed by atoms with Crippen molar-refractivity contribution in [2.24, 2.45) is 0 Å². The van der Waals surface area contributed by atoms with Crippen molar-refractivity contribution in [2.45, 2.75) is 45.5 Å². The van der Waals surface area contributed by atoms with Crippen LogP contribution in [0.1, 0.15) is 32.5 Å². The standard InChI is InChI=1S/C13H21F3N4O/c1-4-5-17-10-6-11(20-12(19-10)8-21-3)18-9(2)7-13(14,15)16/h6,9H,4-5,7-8H2,1-3H3,(H2,17,18,19,20). The minimum Gasteiger partial charge on any atom is -0.377 e. The van der Waals surface area contributed by atoms with Crippen LogP contribution in [0.15, 0.2) is 6.07 Å². The van der Waals surface area contributed by atoms with Crippen LogP contribution in [-0.2, 0) is 11.3 Å². The van der Waals surface area contributed by atoms with Gasteiger partial charge in [-0.15, -0.1) is 0 Å². The normalized spacial score (nSPS) is 13.0. The lowest BCUT2D eigenvalue weighted by Gasteiger charge is -2.17. The molecule has 0 bridgehead atoms. The van der Waals surface area contributed by atoms with Gasteiger partial charge >= 0.3 is 6.18 Å². The number of methoxy groups -OCH3 is 1. The van der Waals surface area contributed by atoms with E-state index in [1.54, 1.807) is 6.07 Å². The van der Waals surface area contributed by atoms with E-state index in [1.165, 1.54) is 14.0 Å². The summed E-state index contributed by atoms with van der Waals surface area (Å²) in [6.45, 7) is 4.39. The Labute approximate surface area is 122 Å². The maximum absolute atomic E-state index is 12.3. The molecule has 1 unspecified atom stereocenters. The SMILES string of the molecule is CCCNc1cc(NC(C)CC(F)(F)F)nc(COC)n1. The molecule has 21 heavy (non-hydrogen) atoms. The minimum absolute atomic E-state index is 0.198. The highest BCUT2D eigenvalue weighted by Gasteiger charge is 2.30. The van der Waals surface area contributed by atoms with E-state index in [9.17, 15) is 13.2 Å². The molecule has 0 fully saturated rings. The molecule has 120 valence electrons. The fourth-order valence-electron chi connectivity index (χ4n) is 1.76. The van der Waals surface area contributed by atoms with Gasteiger partial charge in [0, 0.05) is 25.8 Å². The van der Waals surface area contributed by atoms with Crippen molar-refractivity contribution >= 4 is 11.6 Å². The Hall–Kier alpha value is -1.57. The van der Waals surface area contributed by atoms with E-state index in [-0.39, 0.29) is 6.61 Å². The number of ether oxygens (including phenoxy) is 1. The number of alkyl halides is 3. The molecule has 1 aromatic rings. The van der Waals surface area contributed by atoms with Crippen LogP contribution in [0.25, 0.3) is 0 Å². The fraction of sp³-hybridized carbons (Fsp3) is 0.692. The number of anilines is 2. The third-order valence-electron chi connectivity index (χ3n) is 2.53. The first-order chi connectivity index (χ1) is 9.84. The van der Waals surface area contributed by atoms with E-state index in [1.807, 2.05) is 6.92 Å². The number of aromatic nitrogens is 2. The Bertz CT molecular complexity index is 440. The van der Waals surface area contributed by atoms with Crippen LogP contribution in [0.4, 0.5) is 24.8 Å². The highest BCUT2D eigenvalue weighted by molar-refractivity contribution is 5.48. The van der Waals surface area contributed by atoms with Crippen molar-refractivity contribution in [1.82, 2.24) is 9.97 Å². The van der Waals surface area contributed by atoms with Gasteiger partial charge in [0.1, 0.15) is 18.2 Å². The molecule has 0 saturated heterocycles. The summed E-state index contributed by atoms with van der Waals surface area (Å²) in [7, 11) is 1.51. The second-order valence-corrected chi connectivity index (χ2v) is 4.78. The number of halogens is 3. The molecule has 1 rings (SSSR count). The van der Waals surface area contributed by atoms with Gasteiger partial charge in [0.05, 0.1) is 6.42 Å². The first-order valence-corrected chi connectivity index (χ1v) is 6.78. The van der Waals surface area contributed by atoms with E-state index < -0.39 is 18.6 Å². The number of nitrogens with one attached hydrogen (secondary N) is 2. The molecule has 0 aliphatic carbocycles. The maximum Gasteiger partial charge on any atom is 0.391 e. The van der Waals surface area contributed by atoms with Crippen molar-refractivity contribution in [3.63, 3.8) is 0 Å². The summed E-state index contributed by atoms with van der Waals surface area (Å²) in [5, 5.41) is 5.83. The predicted octanol–water partition coefficient (Wildman–Crippen LogP) is 3.20. The Kier molecular flexibility index (Phi) is 6.67. The summed E-state index contributed by atoms with van der Waals surface area (Å²) in [5.74, 6) is 1.34. The molecule has 0 spiro atoms. The molecule has 0 saturated carbocycles. The highest BCUT2D eigenvalue weighted by atomic mass is 19.4. The highest BCUT2D eigenvalue weighted by Crippen LogP contribution is 2.23. The van der Waals surface area contributed by atoms with Crippen LogP contribution < -0.4 is 10.6 Å². The monoisotopic (exact) mass is 306 g/mol. The molecule has 0 aromatic carbocycles. The van der Waals surface area contributed by atoms with Crippen LogP contribution >= 0.6 is 0 Å². The summed E-state index contributed by atoms with van der Waals surface area (Å²) in [5.41, 5.74) is 0. The van der Waals surface area contributed by atoms with Crippen molar-refractivity contribution in [3.05, 3.63) is 11.9 Å². The molecule has 8 heteroatoms. The van der Waals surface area contributed by atoms with Gasteiger partial charge in [-0.1, -0.05) is 6.92 Å². The van der Waals surface area contributed by atoms with E-state index in [0.29, 0.717) is 17.5 Å². The fourth-order valence-corrected chi connectivity index (χ4v) is 1.76.